The van der Waals surface area contributed by atoms with Gasteiger partial charge in [-0.2, -0.15) is 0 Å². The summed E-state index contributed by atoms with van der Waals surface area (Å²) in [5.41, 5.74) is 5.37. The van der Waals surface area contributed by atoms with Crippen LogP contribution >= 0.6 is 7.82 Å². The van der Waals surface area contributed by atoms with Gasteiger partial charge in [0, 0.05) is 19.4 Å². The molecule has 0 aliphatic carbocycles. The molecule has 0 aromatic heterocycles. The van der Waals surface area contributed by atoms with Gasteiger partial charge in [-0.3, -0.25) is 18.6 Å². The van der Waals surface area contributed by atoms with Crippen LogP contribution in [0.2, 0.25) is 0 Å². The summed E-state index contributed by atoms with van der Waals surface area (Å²) >= 11 is 0. The summed E-state index contributed by atoms with van der Waals surface area (Å²) in [6, 6.07) is 0. The molecule has 0 spiro atoms. The van der Waals surface area contributed by atoms with Gasteiger partial charge in [-0.1, -0.05) is 211 Å². The number of hydrogen-bond acceptors (Lipinski definition) is 8. The Bertz CT molecular complexity index is 1660. The Morgan fingerprint density at radius 1 is 0.423 bits per heavy atom. The molecule has 0 aromatic rings. The third-order valence-corrected chi connectivity index (χ3v) is 11.7. The maximum absolute atomic E-state index is 12.7. The minimum atomic E-state index is -4.41. The summed E-state index contributed by atoms with van der Waals surface area (Å²) in [6.07, 6.45) is 78.9. The topological polar surface area (TPSA) is 134 Å². The number of hydrogen-bond donors (Lipinski definition) is 2. The maximum atomic E-state index is 12.7. The van der Waals surface area contributed by atoms with Crippen LogP contribution in [0.15, 0.2) is 146 Å². The number of ether oxygens (including phenoxy) is 2. The summed E-state index contributed by atoms with van der Waals surface area (Å²) in [5, 5.41) is 0. The third kappa shape index (κ3) is 55.1. The molecule has 400 valence electrons. The first kappa shape index (κ1) is 66.9. The fourth-order valence-corrected chi connectivity index (χ4v) is 7.52. The molecule has 0 aromatic carbocycles. The zero-order valence-electron chi connectivity index (χ0n) is 44.4. The van der Waals surface area contributed by atoms with Gasteiger partial charge in [0.05, 0.1) is 13.2 Å². The highest BCUT2D eigenvalue weighted by Crippen LogP contribution is 2.43. The monoisotopic (exact) mass is 1000 g/mol. The molecule has 2 atom stereocenters. The van der Waals surface area contributed by atoms with Crippen molar-refractivity contribution in [3.63, 3.8) is 0 Å². The maximum Gasteiger partial charge on any atom is 0.472 e. The Morgan fingerprint density at radius 3 is 1.10 bits per heavy atom. The number of unbranched alkanes of at least 4 members (excludes halogenated alkanes) is 12. The summed E-state index contributed by atoms with van der Waals surface area (Å²) in [7, 11) is -4.41. The van der Waals surface area contributed by atoms with Gasteiger partial charge < -0.3 is 20.1 Å². The molecule has 10 heteroatoms. The van der Waals surface area contributed by atoms with Crippen LogP contribution in [0, 0.1) is 0 Å². The summed E-state index contributed by atoms with van der Waals surface area (Å²) < 4.78 is 32.9. The highest BCUT2D eigenvalue weighted by Gasteiger charge is 2.26. The predicted octanol–water partition coefficient (Wildman–Crippen LogP) is 17.2. The minimum absolute atomic E-state index is 0.0391. The van der Waals surface area contributed by atoms with Crippen molar-refractivity contribution in [2.75, 3.05) is 26.4 Å². The highest BCUT2D eigenvalue weighted by atomic mass is 31.2. The van der Waals surface area contributed by atoms with Crippen LogP contribution in [0.1, 0.15) is 194 Å². The molecule has 2 unspecified atom stereocenters. The summed E-state index contributed by atoms with van der Waals surface area (Å²) in [4.78, 5) is 35.1. The van der Waals surface area contributed by atoms with E-state index in [2.05, 4.69) is 160 Å². The number of phosphoric ester groups is 1. The van der Waals surface area contributed by atoms with E-state index in [1.807, 2.05) is 0 Å². The van der Waals surface area contributed by atoms with Crippen molar-refractivity contribution in [2.24, 2.45) is 5.73 Å². The largest absolute Gasteiger partial charge is 0.472 e. The molecule has 0 heterocycles. The highest BCUT2D eigenvalue weighted by molar-refractivity contribution is 7.47. The smallest absolute Gasteiger partial charge is 0.462 e. The first-order valence-electron chi connectivity index (χ1n) is 27.3. The number of carbonyl (C=O) groups is 2. The zero-order chi connectivity index (χ0) is 51.7. The molecule has 9 nitrogen and oxygen atoms in total. The number of rotatable bonds is 49. The van der Waals surface area contributed by atoms with Crippen LogP contribution in [0.5, 0.6) is 0 Å². The lowest BCUT2D eigenvalue weighted by atomic mass is 10.1. The summed E-state index contributed by atoms with van der Waals surface area (Å²) in [6.45, 7) is 3.44. The van der Waals surface area contributed by atoms with E-state index < -0.39 is 32.5 Å². The molecule has 0 saturated carbocycles. The molecule has 71 heavy (non-hydrogen) atoms. The van der Waals surface area contributed by atoms with E-state index in [1.54, 1.807) is 0 Å². The lowest BCUT2D eigenvalue weighted by Gasteiger charge is -2.19. The van der Waals surface area contributed by atoms with E-state index >= 15 is 0 Å². The van der Waals surface area contributed by atoms with E-state index in [9.17, 15) is 19.0 Å². The van der Waals surface area contributed by atoms with Gasteiger partial charge in [0.2, 0.25) is 0 Å². The summed E-state index contributed by atoms with van der Waals surface area (Å²) in [5.74, 6) is -0.885. The van der Waals surface area contributed by atoms with Gasteiger partial charge in [0.1, 0.15) is 6.61 Å². The molecule has 3 N–H and O–H groups in total. The van der Waals surface area contributed by atoms with E-state index in [0.717, 1.165) is 122 Å². The van der Waals surface area contributed by atoms with Gasteiger partial charge in [-0.05, 0) is 116 Å². The number of nitrogens with two attached hydrogens (primary N) is 1. The fraction of sp³-hybridized carbons (Fsp3) is 0.574. The number of allylic oxidation sites excluding steroid dienone is 24. The molecular weight excluding hydrogens is 906 g/mol. The van der Waals surface area contributed by atoms with Crippen LogP contribution in [0.4, 0.5) is 0 Å². The molecule has 0 fully saturated rings. The number of esters is 2. The molecule has 0 radical (unpaired) electrons. The van der Waals surface area contributed by atoms with Crippen LogP contribution in [0.3, 0.4) is 0 Å². The molecule has 0 bridgehead atoms. The molecule has 0 aliphatic rings. The zero-order valence-corrected chi connectivity index (χ0v) is 45.3. The Labute approximate surface area is 433 Å². The SMILES string of the molecule is CC/C=C\C/C=C\C/C=C\C/C=C\C/C=C\C/C=C\C/C=C\CCCCCCCCCCCC(=O)OC(COC(=O)CCCCC/C=C\C/C=C\C/C=C\C/C=C\C/C=C\CC)COP(=O)(O)OCCN. The van der Waals surface area contributed by atoms with Gasteiger partial charge in [0.15, 0.2) is 6.10 Å². The fourth-order valence-electron chi connectivity index (χ4n) is 6.76. The molecule has 0 rings (SSSR count). The van der Waals surface area contributed by atoms with Gasteiger partial charge in [0.25, 0.3) is 0 Å². The first-order valence-corrected chi connectivity index (χ1v) is 28.8. The van der Waals surface area contributed by atoms with Crippen LogP contribution < -0.4 is 5.73 Å². The van der Waals surface area contributed by atoms with Crippen LogP contribution in [-0.4, -0.2) is 49.3 Å². The Balaban J connectivity index is 4.11. The average Bonchev–Trinajstić information content (AvgIpc) is 3.36. The average molecular weight is 1000 g/mol. The second-order valence-corrected chi connectivity index (χ2v) is 18.8. The van der Waals surface area contributed by atoms with Crippen molar-refractivity contribution in [1.82, 2.24) is 0 Å². The van der Waals surface area contributed by atoms with Crippen LogP contribution in [-0.2, 0) is 32.7 Å². The Hall–Kier alpha value is -4.11. The second kappa shape index (κ2) is 55.2. The van der Waals surface area contributed by atoms with E-state index in [1.165, 1.54) is 32.1 Å². The van der Waals surface area contributed by atoms with Crippen molar-refractivity contribution < 1.29 is 37.6 Å². The molecule has 0 amide bonds. The predicted molar refractivity (Wildman–Crippen MR) is 302 cm³/mol. The van der Waals surface area contributed by atoms with E-state index in [4.69, 9.17) is 24.3 Å². The Kier molecular flexibility index (Phi) is 52.0. The van der Waals surface area contributed by atoms with Gasteiger partial charge in [-0.25, -0.2) is 4.57 Å². The van der Waals surface area contributed by atoms with E-state index in [-0.39, 0.29) is 32.6 Å². The third-order valence-electron chi connectivity index (χ3n) is 10.7. The number of carbonyl (C=O) groups excluding carboxylic acids is 2. The minimum Gasteiger partial charge on any atom is -0.462 e. The molecule has 0 saturated heterocycles. The quantitative estimate of drug-likeness (QED) is 0.0264. The normalized spacial score (nSPS) is 14.3. The Morgan fingerprint density at radius 2 is 0.732 bits per heavy atom. The standard InChI is InChI=1S/C61H98NO8P/c1-3-5-7-9-11-13-15-17-19-21-23-24-25-26-27-28-29-30-31-32-33-34-36-38-40-42-44-46-48-50-52-54-61(64)70-59(58-69-71(65,66)68-56-55-62)57-67-60(63)53-51-49-47-45-43-41-39-37-35-22-20-18-16-14-12-10-8-6-4-2/h5-8,11-14,17-20,23-24,26-27,29-30,32-33,35,37,41,43,59H,3-4,9-10,15-16,21-22,25,28,31,34,36,38-40,42,44-58,62H2,1-2H3,(H,65,66)/b7-5-,8-6-,13-11-,14-12-,19-17-,20-18-,24-23-,27-26-,30-29-,33-32-,37-35-,43-41-. The van der Waals surface area contributed by atoms with Crippen molar-refractivity contribution in [3.8, 4) is 0 Å². The molecular formula is C61H98NO8P. The van der Waals surface area contributed by atoms with Gasteiger partial charge in [-0.15, -0.1) is 0 Å². The lowest BCUT2D eigenvalue weighted by Crippen LogP contribution is -2.29. The lowest BCUT2D eigenvalue weighted by molar-refractivity contribution is -0.161. The van der Waals surface area contributed by atoms with Crippen molar-refractivity contribution in [2.45, 2.75) is 200 Å². The van der Waals surface area contributed by atoms with Crippen molar-refractivity contribution in [1.29, 1.82) is 0 Å². The first-order chi connectivity index (χ1) is 34.8. The second-order valence-electron chi connectivity index (χ2n) is 17.3. The van der Waals surface area contributed by atoms with Crippen LogP contribution in [0.25, 0.3) is 0 Å². The molecule has 0 aliphatic heterocycles. The van der Waals surface area contributed by atoms with E-state index in [0.29, 0.717) is 12.8 Å². The number of phosphoric acid groups is 1. The van der Waals surface area contributed by atoms with Gasteiger partial charge >= 0.3 is 19.8 Å². The van der Waals surface area contributed by atoms with Crippen molar-refractivity contribution >= 4 is 19.8 Å². The van der Waals surface area contributed by atoms with Crippen molar-refractivity contribution in [3.05, 3.63) is 146 Å².